The molecule has 0 aliphatic carbocycles. The summed E-state index contributed by atoms with van der Waals surface area (Å²) in [5, 5.41) is 0. The third kappa shape index (κ3) is 24.6. The second kappa shape index (κ2) is 16.0. The van der Waals surface area contributed by atoms with E-state index in [0.717, 1.165) is 0 Å². The molecular weight excluding hydrogens is 124 g/mol. The predicted molar refractivity (Wildman–Crippen MR) is 47.4 cm³/mol. The maximum atomic E-state index is 4.25. The molecule has 0 aromatic carbocycles. The number of unbranched alkanes of at least 4 members (excludes halogenated alkanes) is 4. The van der Waals surface area contributed by atoms with Gasteiger partial charge in [-0.3, -0.25) is 0 Å². The van der Waals surface area contributed by atoms with Crippen molar-refractivity contribution in [1.82, 2.24) is 0 Å². The lowest BCUT2D eigenvalue weighted by Gasteiger charge is -1.90. The number of hydrogen-bond donors (Lipinski definition) is 0. The second-order valence-electron chi connectivity index (χ2n) is 2.47. The third-order valence-corrected chi connectivity index (χ3v) is 1.21. The van der Waals surface area contributed by atoms with E-state index in [0.29, 0.717) is 0 Å². The van der Waals surface area contributed by atoms with Gasteiger partial charge in [-0.05, 0) is 0 Å². The molecule has 10 heavy (non-hydrogen) atoms. The summed E-state index contributed by atoms with van der Waals surface area (Å²) < 4.78 is 4.25. The molecule has 64 valence electrons. The molecule has 0 saturated heterocycles. The van der Waals surface area contributed by atoms with Gasteiger partial charge in [0.15, 0.2) is 0 Å². The van der Waals surface area contributed by atoms with Gasteiger partial charge in [-0.15, -0.1) is 0 Å². The number of methoxy groups -OCH3 is 1. The van der Waals surface area contributed by atoms with Gasteiger partial charge in [0.1, 0.15) is 0 Å². The van der Waals surface area contributed by atoms with Crippen LogP contribution in [0, 0.1) is 0 Å². The van der Waals surface area contributed by atoms with Crippen molar-refractivity contribution in [2.75, 3.05) is 14.2 Å². The highest BCUT2D eigenvalue weighted by Gasteiger charge is 1.80. The second-order valence-corrected chi connectivity index (χ2v) is 2.47. The summed E-state index contributed by atoms with van der Waals surface area (Å²) in [6, 6.07) is 0. The predicted octanol–water partition coefficient (Wildman–Crippen LogP) is 3.24. The summed E-state index contributed by atoms with van der Waals surface area (Å²) in [5.74, 6) is 0. The van der Waals surface area contributed by atoms with Crippen LogP contribution in [-0.2, 0) is 4.74 Å². The Morgan fingerprint density at radius 3 is 1.30 bits per heavy atom. The van der Waals surface area contributed by atoms with Crippen molar-refractivity contribution in [3.05, 3.63) is 0 Å². The van der Waals surface area contributed by atoms with Crippen LogP contribution < -0.4 is 0 Å². The topological polar surface area (TPSA) is 9.23 Å². The van der Waals surface area contributed by atoms with Gasteiger partial charge in [-0.2, -0.15) is 0 Å². The van der Waals surface area contributed by atoms with E-state index >= 15 is 0 Å². The van der Waals surface area contributed by atoms with Crippen LogP contribution in [-0.4, -0.2) is 14.2 Å². The first-order chi connectivity index (χ1) is 4.83. The minimum atomic E-state index is 1.36. The molecule has 0 amide bonds. The molecule has 0 rings (SSSR count). The zero-order valence-electron chi connectivity index (χ0n) is 7.94. The summed E-state index contributed by atoms with van der Waals surface area (Å²) in [5.41, 5.74) is 0. The molecule has 1 heteroatoms. The van der Waals surface area contributed by atoms with Crippen LogP contribution in [0.2, 0.25) is 0 Å². The molecule has 0 atom stereocenters. The maximum Gasteiger partial charge on any atom is 0.0351 e. The molecule has 0 radical (unpaired) electrons. The highest BCUT2D eigenvalue weighted by Crippen LogP contribution is 2.00. The largest absolute Gasteiger partial charge is 0.388 e. The molecule has 0 spiro atoms. The van der Waals surface area contributed by atoms with E-state index in [1.54, 1.807) is 14.2 Å². The molecule has 0 aromatic heterocycles. The van der Waals surface area contributed by atoms with Gasteiger partial charge >= 0.3 is 0 Å². The number of ether oxygens (including phenoxy) is 1. The van der Waals surface area contributed by atoms with Crippen molar-refractivity contribution in [3.8, 4) is 0 Å². The van der Waals surface area contributed by atoms with Gasteiger partial charge < -0.3 is 4.74 Å². The van der Waals surface area contributed by atoms with Crippen molar-refractivity contribution >= 4 is 0 Å². The van der Waals surface area contributed by atoms with Crippen LogP contribution in [0.3, 0.4) is 0 Å². The lowest BCUT2D eigenvalue weighted by atomic mass is 10.2. The van der Waals surface area contributed by atoms with E-state index in [-0.39, 0.29) is 0 Å². The Labute approximate surface area is 65.8 Å². The molecule has 0 unspecified atom stereocenters. The molecule has 0 aliphatic heterocycles. The molecule has 0 N–H and O–H groups in total. The summed E-state index contributed by atoms with van der Waals surface area (Å²) in [7, 11) is 3.25. The Morgan fingerprint density at radius 2 is 1.10 bits per heavy atom. The minimum absolute atomic E-state index is 1.36. The average molecular weight is 146 g/mol. The van der Waals surface area contributed by atoms with Crippen LogP contribution in [0.1, 0.15) is 46.0 Å². The summed E-state index contributed by atoms with van der Waals surface area (Å²) in [6.45, 7) is 4.49. The van der Waals surface area contributed by atoms with Crippen LogP contribution >= 0.6 is 0 Å². The van der Waals surface area contributed by atoms with E-state index < -0.39 is 0 Å². The Kier molecular flexibility index (Phi) is 20.2. The molecule has 0 bridgehead atoms. The first-order valence-corrected chi connectivity index (χ1v) is 4.23. The van der Waals surface area contributed by atoms with Gasteiger partial charge in [0.05, 0.1) is 0 Å². The zero-order chi connectivity index (χ0) is 8.24. The van der Waals surface area contributed by atoms with Gasteiger partial charge in [0, 0.05) is 14.2 Å². The lowest BCUT2D eigenvalue weighted by molar-refractivity contribution is 0.277. The van der Waals surface area contributed by atoms with Crippen molar-refractivity contribution in [2.24, 2.45) is 0 Å². The molecule has 1 nitrogen and oxygen atoms in total. The Bertz CT molecular complexity index is 31.7. The third-order valence-electron chi connectivity index (χ3n) is 1.21. The molecule has 0 saturated carbocycles. The SMILES string of the molecule is CCCCCCC.COC. The first kappa shape index (κ1) is 12.6. The maximum absolute atomic E-state index is 4.25. The Balaban J connectivity index is 0. The van der Waals surface area contributed by atoms with Gasteiger partial charge in [-0.1, -0.05) is 46.0 Å². The molecule has 0 aromatic rings. The molecule has 0 heterocycles. The minimum Gasteiger partial charge on any atom is -0.388 e. The van der Waals surface area contributed by atoms with Gasteiger partial charge in [0.25, 0.3) is 0 Å². The zero-order valence-corrected chi connectivity index (χ0v) is 7.94. The standard InChI is InChI=1S/C7H16.C2H6O/c1-3-5-7-6-4-2;1-3-2/h3-7H2,1-2H3;1-2H3. The highest BCUT2D eigenvalue weighted by molar-refractivity contribution is 4.35. The van der Waals surface area contributed by atoms with E-state index in [1.165, 1.54) is 32.1 Å². The summed E-state index contributed by atoms with van der Waals surface area (Å²) in [4.78, 5) is 0. The molecule has 0 aliphatic rings. The number of rotatable bonds is 4. The Morgan fingerprint density at radius 1 is 0.800 bits per heavy atom. The van der Waals surface area contributed by atoms with E-state index in [1.807, 2.05) is 0 Å². The molecule has 0 fully saturated rings. The first-order valence-electron chi connectivity index (χ1n) is 4.23. The highest BCUT2D eigenvalue weighted by atomic mass is 16.4. The van der Waals surface area contributed by atoms with Crippen molar-refractivity contribution in [2.45, 2.75) is 46.0 Å². The smallest absolute Gasteiger partial charge is 0.0351 e. The fourth-order valence-electron chi connectivity index (χ4n) is 0.677. The van der Waals surface area contributed by atoms with E-state index in [9.17, 15) is 0 Å². The van der Waals surface area contributed by atoms with Crippen molar-refractivity contribution < 1.29 is 4.74 Å². The van der Waals surface area contributed by atoms with E-state index in [4.69, 9.17) is 0 Å². The fourth-order valence-corrected chi connectivity index (χ4v) is 0.677. The average Bonchev–Trinajstić information content (AvgIpc) is 1.91. The quantitative estimate of drug-likeness (QED) is 0.553. The lowest BCUT2D eigenvalue weighted by Crippen LogP contribution is -1.70. The van der Waals surface area contributed by atoms with Gasteiger partial charge in [-0.25, -0.2) is 0 Å². The van der Waals surface area contributed by atoms with Crippen molar-refractivity contribution in [3.63, 3.8) is 0 Å². The van der Waals surface area contributed by atoms with E-state index in [2.05, 4.69) is 18.6 Å². The normalized spacial score (nSPS) is 8.40. The fraction of sp³-hybridized carbons (Fsp3) is 1.00. The van der Waals surface area contributed by atoms with Crippen LogP contribution in [0.25, 0.3) is 0 Å². The van der Waals surface area contributed by atoms with Crippen LogP contribution in [0.15, 0.2) is 0 Å². The van der Waals surface area contributed by atoms with Crippen molar-refractivity contribution in [1.29, 1.82) is 0 Å². The summed E-state index contributed by atoms with van der Waals surface area (Å²) in [6.07, 6.45) is 7.01. The van der Waals surface area contributed by atoms with Crippen LogP contribution in [0.5, 0.6) is 0 Å². The van der Waals surface area contributed by atoms with Crippen LogP contribution in [0.4, 0.5) is 0 Å². The monoisotopic (exact) mass is 146 g/mol. The summed E-state index contributed by atoms with van der Waals surface area (Å²) >= 11 is 0. The Hall–Kier alpha value is -0.0400. The van der Waals surface area contributed by atoms with Gasteiger partial charge in [0.2, 0.25) is 0 Å². The molecular formula is C9H22O. The number of hydrogen-bond acceptors (Lipinski definition) is 1.